The highest BCUT2D eigenvalue weighted by Gasteiger charge is 2.44. The van der Waals surface area contributed by atoms with Crippen molar-refractivity contribution in [2.45, 2.75) is 358 Å². The Hall–Kier alpha value is -1.33. The number of amides is 1. The van der Waals surface area contributed by atoms with Crippen LogP contribution in [-0.2, 0) is 14.3 Å². The fourth-order valence-corrected chi connectivity index (χ4v) is 10.3. The highest BCUT2D eigenvalue weighted by Crippen LogP contribution is 2.23. The van der Waals surface area contributed by atoms with Crippen LogP contribution in [0.2, 0.25) is 0 Å². The van der Waals surface area contributed by atoms with E-state index in [0.29, 0.717) is 6.42 Å². The molecule has 1 saturated heterocycles. The number of rotatable bonds is 55. The van der Waals surface area contributed by atoms with Crippen molar-refractivity contribution in [1.29, 1.82) is 0 Å². The van der Waals surface area contributed by atoms with Gasteiger partial charge in [-0.2, -0.15) is 0 Å². The number of ether oxygens (including phenoxy) is 2. The van der Waals surface area contributed by atoms with Gasteiger partial charge in [-0.1, -0.05) is 301 Å². The molecular weight excluding hydrogens is 899 g/mol. The van der Waals surface area contributed by atoms with E-state index in [1.165, 1.54) is 257 Å². The zero-order valence-corrected chi connectivity index (χ0v) is 47.5. The normalized spacial score (nSPS) is 19.2. The van der Waals surface area contributed by atoms with Crippen LogP contribution in [0.3, 0.4) is 0 Å². The maximum Gasteiger partial charge on any atom is 0.220 e. The Morgan fingerprint density at radius 3 is 1.17 bits per heavy atom. The Labute approximate surface area is 445 Å². The highest BCUT2D eigenvalue weighted by molar-refractivity contribution is 5.76. The molecule has 9 heteroatoms. The van der Waals surface area contributed by atoms with Crippen molar-refractivity contribution in [3.63, 3.8) is 0 Å². The van der Waals surface area contributed by atoms with Crippen LogP contribution in [0.4, 0.5) is 0 Å². The Morgan fingerprint density at radius 1 is 0.458 bits per heavy atom. The van der Waals surface area contributed by atoms with Gasteiger partial charge in [-0.05, 0) is 32.1 Å². The summed E-state index contributed by atoms with van der Waals surface area (Å²) in [6.45, 7) is 3.78. The topological polar surface area (TPSA) is 149 Å². The van der Waals surface area contributed by atoms with Crippen LogP contribution < -0.4 is 5.32 Å². The first kappa shape index (κ1) is 68.7. The zero-order valence-electron chi connectivity index (χ0n) is 47.5. The molecule has 0 aromatic carbocycles. The van der Waals surface area contributed by atoms with Gasteiger partial charge < -0.3 is 40.3 Å². The molecule has 7 atom stereocenters. The minimum absolute atomic E-state index is 0.181. The average molecular weight is 1020 g/mol. The first-order valence-electron chi connectivity index (χ1n) is 31.6. The minimum Gasteiger partial charge on any atom is -0.394 e. The number of carbonyl (C=O) groups is 1. The van der Waals surface area contributed by atoms with E-state index in [-0.39, 0.29) is 12.5 Å². The molecule has 7 unspecified atom stereocenters. The molecule has 1 aliphatic heterocycles. The molecule has 1 rings (SSSR count). The number of aliphatic hydroxyl groups is 5. The second-order valence-corrected chi connectivity index (χ2v) is 22.2. The van der Waals surface area contributed by atoms with Crippen molar-refractivity contribution in [1.82, 2.24) is 5.32 Å². The maximum absolute atomic E-state index is 13.0. The van der Waals surface area contributed by atoms with Crippen LogP contribution in [0.25, 0.3) is 0 Å². The lowest BCUT2D eigenvalue weighted by Crippen LogP contribution is -2.60. The fraction of sp³-hybridized carbons (Fsp3) is 0.921. The van der Waals surface area contributed by atoms with E-state index in [1.54, 1.807) is 6.08 Å². The molecule has 6 N–H and O–H groups in total. The summed E-state index contributed by atoms with van der Waals surface area (Å²) >= 11 is 0. The van der Waals surface area contributed by atoms with Gasteiger partial charge in [0.05, 0.1) is 25.4 Å². The van der Waals surface area contributed by atoms with Gasteiger partial charge in [0.2, 0.25) is 5.91 Å². The number of unbranched alkanes of at least 4 members (excludes halogenated alkanes) is 43. The van der Waals surface area contributed by atoms with Crippen LogP contribution >= 0.6 is 0 Å². The first-order chi connectivity index (χ1) is 35.3. The van der Waals surface area contributed by atoms with Gasteiger partial charge >= 0.3 is 0 Å². The quantitative estimate of drug-likeness (QED) is 0.0261. The monoisotopic (exact) mass is 1020 g/mol. The molecule has 426 valence electrons. The van der Waals surface area contributed by atoms with Gasteiger partial charge in [-0.15, -0.1) is 0 Å². The molecule has 72 heavy (non-hydrogen) atoms. The summed E-state index contributed by atoms with van der Waals surface area (Å²) in [5.41, 5.74) is 0. The van der Waals surface area contributed by atoms with Crippen molar-refractivity contribution in [3.05, 3.63) is 24.3 Å². The number of allylic oxidation sites excluding steroid dienone is 3. The highest BCUT2D eigenvalue weighted by atomic mass is 16.7. The number of aliphatic hydroxyl groups excluding tert-OH is 5. The lowest BCUT2D eigenvalue weighted by Gasteiger charge is -2.40. The Bertz CT molecular complexity index is 1180. The largest absolute Gasteiger partial charge is 0.394 e. The lowest BCUT2D eigenvalue weighted by atomic mass is 9.99. The Balaban J connectivity index is 2.05. The number of carbonyl (C=O) groups excluding carboxylic acids is 1. The SMILES string of the molecule is CCCCCCCCC/C=C/CC/C=C/C(O)C(COC1OC(CO)C(O)C(O)C1O)NC(=O)CCCCCCCCCCCCCCCCCCCCCCCCCCCCCCCCCCCCCC. The van der Waals surface area contributed by atoms with Gasteiger partial charge in [-0.25, -0.2) is 0 Å². The van der Waals surface area contributed by atoms with E-state index in [2.05, 4.69) is 31.3 Å². The van der Waals surface area contributed by atoms with Gasteiger partial charge in [-0.3, -0.25) is 4.79 Å². The third kappa shape index (κ3) is 41.9. The summed E-state index contributed by atoms with van der Waals surface area (Å²) in [5.74, 6) is -0.181. The molecule has 0 saturated carbocycles. The molecular formula is C63H121NO8. The third-order valence-corrected chi connectivity index (χ3v) is 15.3. The zero-order chi connectivity index (χ0) is 52.2. The summed E-state index contributed by atoms with van der Waals surface area (Å²) < 4.78 is 11.2. The van der Waals surface area contributed by atoms with E-state index in [9.17, 15) is 30.3 Å². The van der Waals surface area contributed by atoms with Gasteiger partial charge in [0, 0.05) is 6.42 Å². The fourth-order valence-electron chi connectivity index (χ4n) is 10.3. The van der Waals surface area contributed by atoms with Gasteiger partial charge in [0.15, 0.2) is 6.29 Å². The number of hydrogen-bond acceptors (Lipinski definition) is 8. The molecule has 1 heterocycles. The summed E-state index contributed by atoms with van der Waals surface area (Å²) in [7, 11) is 0. The van der Waals surface area contributed by atoms with E-state index in [1.807, 2.05) is 6.08 Å². The predicted molar refractivity (Wildman–Crippen MR) is 304 cm³/mol. The second-order valence-electron chi connectivity index (χ2n) is 22.2. The minimum atomic E-state index is -1.57. The van der Waals surface area contributed by atoms with E-state index < -0.39 is 49.5 Å². The van der Waals surface area contributed by atoms with E-state index in [0.717, 1.165) is 38.5 Å². The Morgan fingerprint density at radius 2 is 0.792 bits per heavy atom. The van der Waals surface area contributed by atoms with Crippen LogP contribution in [-0.4, -0.2) is 87.5 Å². The molecule has 1 amide bonds. The number of nitrogens with one attached hydrogen (secondary N) is 1. The Kier molecular flexibility index (Phi) is 50.6. The number of hydrogen-bond donors (Lipinski definition) is 6. The summed E-state index contributed by atoms with van der Waals surface area (Å²) in [4.78, 5) is 13.0. The van der Waals surface area contributed by atoms with Crippen molar-refractivity contribution in [2.24, 2.45) is 0 Å². The van der Waals surface area contributed by atoms with Gasteiger partial charge in [0.1, 0.15) is 24.4 Å². The van der Waals surface area contributed by atoms with E-state index in [4.69, 9.17) is 9.47 Å². The molecule has 0 bridgehead atoms. The molecule has 0 aliphatic carbocycles. The molecule has 9 nitrogen and oxygen atoms in total. The summed E-state index contributed by atoms with van der Waals surface area (Å²) in [6, 6.07) is -0.818. The van der Waals surface area contributed by atoms with Gasteiger partial charge in [0.25, 0.3) is 0 Å². The van der Waals surface area contributed by atoms with E-state index >= 15 is 0 Å². The third-order valence-electron chi connectivity index (χ3n) is 15.3. The molecule has 0 spiro atoms. The van der Waals surface area contributed by atoms with Crippen LogP contribution in [0, 0.1) is 0 Å². The average Bonchev–Trinajstić information content (AvgIpc) is 3.38. The molecule has 0 radical (unpaired) electrons. The van der Waals surface area contributed by atoms with Crippen molar-refractivity contribution in [3.8, 4) is 0 Å². The van der Waals surface area contributed by atoms with Crippen molar-refractivity contribution >= 4 is 5.91 Å². The molecule has 0 aromatic rings. The van der Waals surface area contributed by atoms with Crippen LogP contribution in [0.15, 0.2) is 24.3 Å². The standard InChI is InChI=1S/C63H121NO8/c1-3-5-7-9-11-13-15-17-18-19-20-21-22-23-24-25-26-27-28-29-30-31-32-33-34-35-36-37-38-39-41-43-45-47-49-51-53-59(67)64-56(55-71-63-62(70)61(69)60(68)58(54-65)72-63)57(66)52-50-48-46-44-42-40-16-14-12-10-8-6-4-2/h42,44,50,52,56-58,60-63,65-66,68-70H,3-41,43,45-49,51,53-55H2,1-2H3,(H,64,67)/b44-42+,52-50+. The summed E-state index contributed by atoms with van der Waals surface area (Å²) in [5, 5.41) is 54.4. The van der Waals surface area contributed by atoms with Crippen LogP contribution in [0.1, 0.15) is 316 Å². The summed E-state index contributed by atoms with van der Waals surface area (Å²) in [6.07, 6.45) is 61.5. The van der Waals surface area contributed by atoms with Crippen molar-refractivity contribution < 1.29 is 39.8 Å². The second kappa shape index (κ2) is 53.1. The molecule has 1 aliphatic rings. The lowest BCUT2D eigenvalue weighted by molar-refractivity contribution is -0.302. The smallest absolute Gasteiger partial charge is 0.220 e. The van der Waals surface area contributed by atoms with Crippen molar-refractivity contribution in [2.75, 3.05) is 13.2 Å². The predicted octanol–water partition coefficient (Wildman–Crippen LogP) is 16.1. The molecule has 1 fully saturated rings. The first-order valence-corrected chi connectivity index (χ1v) is 31.6. The molecule has 0 aromatic heterocycles. The van der Waals surface area contributed by atoms with Crippen LogP contribution in [0.5, 0.6) is 0 Å². The maximum atomic E-state index is 13.0.